The highest BCUT2D eigenvalue weighted by Gasteiger charge is 2.30. The van der Waals surface area contributed by atoms with E-state index >= 15 is 0 Å². The second kappa shape index (κ2) is 8.94. The topological polar surface area (TPSA) is 91.8 Å². The smallest absolute Gasteiger partial charge is 0.407 e. The van der Waals surface area contributed by atoms with Gasteiger partial charge in [0.15, 0.2) is 0 Å². The highest BCUT2D eigenvalue weighted by molar-refractivity contribution is 5.93. The highest BCUT2D eigenvalue weighted by atomic mass is 16.5. The van der Waals surface area contributed by atoms with Crippen molar-refractivity contribution < 1.29 is 19.4 Å². The molecule has 7 nitrogen and oxygen atoms in total. The third kappa shape index (κ3) is 4.14. The zero-order valence-electron chi connectivity index (χ0n) is 18.1. The Labute approximate surface area is 192 Å². The molecule has 0 bridgehead atoms. The molecule has 0 unspecified atom stereocenters. The summed E-state index contributed by atoms with van der Waals surface area (Å²) in [5.74, 6) is -0.273. The average Bonchev–Trinajstić information content (AvgIpc) is 3.44. The third-order valence-corrected chi connectivity index (χ3v) is 6.48. The van der Waals surface area contributed by atoms with Gasteiger partial charge in [-0.2, -0.15) is 0 Å². The van der Waals surface area contributed by atoms with E-state index < -0.39 is 12.1 Å². The van der Waals surface area contributed by atoms with Gasteiger partial charge in [0.2, 0.25) is 0 Å². The van der Waals surface area contributed by atoms with E-state index in [4.69, 9.17) is 4.74 Å². The van der Waals surface area contributed by atoms with Crippen molar-refractivity contribution in [2.24, 2.45) is 5.92 Å². The number of fused-ring (bicyclic) bond motifs is 3. The monoisotopic (exact) mass is 443 g/mol. The molecule has 2 aromatic carbocycles. The number of ether oxygens (including phenoxy) is 1. The molecule has 2 aliphatic rings. The number of carbonyl (C=O) groups is 2. The Kier molecular flexibility index (Phi) is 5.69. The maximum atomic E-state index is 12.4. The van der Waals surface area contributed by atoms with Gasteiger partial charge in [-0.15, -0.1) is 0 Å². The zero-order chi connectivity index (χ0) is 22.8. The minimum Gasteiger partial charge on any atom is -0.478 e. The summed E-state index contributed by atoms with van der Waals surface area (Å²) in [6, 6.07) is 19.7. The van der Waals surface area contributed by atoms with Crippen LogP contribution >= 0.6 is 0 Å². The Balaban J connectivity index is 1.16. The maximum Gasteiger partial charge on any atom is 0.407 e. The number of nitrogens with one attached hydrogen (secondary N) is 1. The van der Waals surface area contributed by atoms with Gasteiger partial charge in [0.25, 0.3) is 0 Å². The van der Waals surface area contributed by atoms with E-state index in [2.05, 4.69) is 34.6 Å². The van der Waals surface area contributed by atoms with E-state index in [9.17, 15) is 14.7 Å². The molecule has 1 aliphatic heterocycles. The van der Waals surface area contributed by atoms with Crippen LogP contribution in [0.5, 0.6) is 0 Å². The molecule has 7 heteroatoms. The first-order valence-corrected chi connectivity index (χ1v) is 11.1. The molecular weight excluding hydrogens is 418 g/mol. The first kappa shape index (κ1) is 21.0. The van der Waals surface area contributed by atoms with E-state index in [1.165, 1.54) is 22.3 Å². The number of hydrogen-bond donors (Lipinski definition) is 2. The number of alkyl carbamates (subject to hydrolysis) is 1. The van der Waals surface area contributed by atoms with Crippen molar-refractivity contribution in [3.05, 3.63) is 83.6 Å². The van der Waals surface area contributed by atoms with Gasteiger partial charge in [-0.05, 0) is 46.7 Å². The van der Waals surface area contributed by atoms with Gasteiger partial charge >= 0.3 is 12.1 Å². The lowest BCUT2D eigenvalue weighted by molar-refractivity contribution is 0.0697. The summed E-state index contributed by atoms with van der Waals surface area (Å²) < 4.78 is 5.61. The molecule has 2 N–H and O–H groups in total. The number of rotatable bonds is 6. The molecule has 1 amide bonds. The number of nitrogens with zero attached hydrogens (tertiary/aromatic N) is 2. The van der Waals surface area contributed by atoms with Crippen LogP contribution in [0.15, 0.2) is 66.9 Å². The summed E-state index contributed by atoms with van der Waals surface area (Å²) in [7, 11) is 0. The second-order valence-corrected chi connectivity index (χ2v) is 8.49. The standard InChI is InChI=1S/C26H25N3O4/c30-25(31)22-10-5-12-27-24(22)29-13-11-17(15-29)14-28-26(32)33-16-23-20-8-3-1-6-18(20)19-7-2-4-9-21(19)23/h1-10,12,17,23H,11,13-16H2,(H,28,32)(H,30,31)/t17-/m1/s1. The van der Waals surface area contributed by atoms with E-state index in [-0.39, 0.29) is 24.0 Å². The van der Waals surface area contributed by atoms with Crippen LogP contribution in [0.25, 0.3) is 11.1 Å². The van der Waals surface area contributed by atoms with Crippen LogP contribution < -0.4 is 10.2 Å². The van der Waals surface area contributed by atoms with Gasteiger partial charge in [0.05, 0.1) is 0 Å². The largest absolute Gasteiger partial charge is 0.478 e. The number of amides is 1. The number of aromatic carboxylic acids is 1. The van der Waals surface area contributed by atoms with Crippen molar-refractivity contribution in [3.8, 4) is 11.1 Å². The minimum absolute atomic E-state index is 0.0312. The van der Waals surface area contributed by atoms with Crippen LogP contribution in [-0.4, -0.2) is 48.4 Å². The number of aromatic nitrogens is 1. The fraction of sp³-hybridized carbons (Fsp3) is 0.269. The Morgan fingerprint density at radius 3 is 2.42 bits per heavy atom. The molecule has 1 saturated heterocycles. The summed E-state index contributed by atoms with van der Waals surface area (Å²) in [5, 5.41) is 12.3. The second-order valence-electron chi connectivity index (χ2n) is 8.49. The molecule has 1 aliphatic carbocycles. The van der Waals surface area contributed by atoms with Gasteiger partial charge in [-0.1, -0.05) is 48.5 Å². The number of hydrogen-bond acceptors (Lipinski definition) is 5. The van der Waals surface area contributed by atoms with E-state index in [0.717, 1.165) is 6.42 Å². The average molecular weight is 444 g/mol. The van der Waals surface area contributed by atoms with E-state index in [0.29, 0.717) is 25.5 Å². The Hall–Kier alpha value is -3.87. The Morgan fingerprint density at radius 2 is 1.73 bits per heavy atom. The number of benzene rings is 2. The molecular formula is C26H25N3O4. The SMILES string of the molecule is O=C(NC[C@H]1CCN(c2ncccc2C(=O)O)C1)OCC1c2ccccc2-c2ccccc21. The lowest BCUT2D eigenvalue weighted by atomic mass is 9.98. The van der Waals surface area contributed by atoms with Crippen LogP contribution in [0.3, 0.4) is 0 Å². The summed E-state index contributed by atoms with van der Waals surface area (Å²) in [6.45, 7) is 2.10. The number of carbonyl (C=O) groups excluding carboxylic acids is 1. The lowest BCUT2D eigenvalue weighted by Crippen LogP contribution is -2.32. The van der Waals surface area contributed by atoms with Gasteiger partial charge in [0, 0.05) is 31.7 Å². The van der Waals surface area contributed by atoms with Crippen molar-refractivity contribution in [2.45, 2.75) is 12.3 Å². The van der Waals surface area contributed by atoms with Crippen LogP contribution in [0.4, 0.5) is 10.6 Å². The molecule has 1 atom stereocenters. The van der Waals surface area contributed by atoms with Crippen molar-refractivity contribution in [1.82, 2.24) is 10.3 Å². The summed E-state index contributed by atoms with van der Waals surface area (Å²) in [4.78, 5) is 30.1. The molecule has 168 valence electrons. The molecule has 0 spiro atoms. The lowest BCUT2D eigenvalue weighted by Gasteiger charge is -2.19. The number of pyridine rings is 1. The summed E-state index contributed by atoms with van der Waals surface area (Å²) >= 11 is 0. The molecule has 0 saturated carbocycles. The molecule has 3 aromatic rings. The highest BCUT2D eigenvalue weighted by Crippen LogP contribution is 2.44. The van der Waals surface area contributed by atoms with Gasteiger partial charge in [-0.3, -0.25) is 0 Å². The Bertz CT molecular complexity index is 1150. The number of anilines is 1. The maximum absolute atomic E-state index is 12.4. The Morgan fingerprint density at radius 1 is 1.03 bits per heavy atom. The van der Waals surface area contributed by atoms with Crippen LogP contribution in [-0.2, 0) is 4.74 Å². The molecule has 5 rings (SSSR count). The molecule has 0 radical (unpaired) electrons. The van der Waals surface area contributed by atoms with E-state index in [1.807, 2.05) is 29.2 Å². The molecule has 1 fully saturated rings. The predicted octanol–water partition coefficient (Wildman–Crippen LogP) is 4.14. The van der Waals surface area contributed by atoms with Gasteiger partial charge < -0.3 is 20.1 Å². The minimum atomic E-state index is -0.988. The summed E-state index contributed by atoms with van der Waals surface area (Å²) in [5.41, 5.74) is 4.96. The van der Waals surface area contributed by atoms with E-state index in [1.54, 1.807) is 18.3 Å². The third-order valence-electron chi connectivity index (χ3n) is 6.48. The first-order chi connectivity index (χ1) is 16.1. The molecule has 33 heavy (non-hydrogen) atoms. The summed E-state index contributed by atoms with van der Waals surface area (Å²) in [6.07, 6.45) is 2.02. The van der Waals surface area contributed by atoms with Gasteiger partial charge in [-0.25, -0.2) is 14.6 Å². The van der Waals surface area contributed by atoms with Crippen molar-refractivity contribution in [3.63, 3.8) is 0 Å². The van der Waals surface area contributed by atoms with Crippen LogP contribution in [0, 0.1) is 5.92 Å². The van der Waals surface area contributed by atoms with Crippen molar-refractivity contribution in [1.29, 1.82) is 0 Å². The zero-order valence-corrected chi connectivity index (χ0v) is 18.1. The number of carboxylic acids is 1. The van der Waals surface area contributed by atoms with Crippen molar-refractivity contribution in [2.75, 3.05) is 31.1 Å². The van der Waals surface area contributed by atoms with Gasteiger partial charge in [0.1, 0.15) is 18.0 Å². The van der Waals surface area contributed by atoms with Crippen LogP contribution in [0.2, 0.25) is 0 Å². The van der Waals surface area contributed by atoms with Crippen LogP contribution in [0.1, 0.15) is 33.8 Å². The normalized spacial score (nSPS) is 16.8. The quantitative estimate of drug-likeness (QED) is 0.595. The predicted molar refractivity (Wildman–Crippen MR) is 125 cm³/mol. The molecule has 1 aromatic heterocycles. The fourth-order valence-electron chi connectivity index (χ4n) is 4.88. The number of carboxylic acid groups (broad SMARTS) is 1. The fourth-order valence-corrected chi connectivity index (χ4v) is 4.88. The molecule has 2 heterocycles. The first-order valence-electron chi connectivity index (χ1n) is 11.1. The van der Waals surface area contributed by atoms with Crippen molar-refractivity contribution >= 4 is 17.9 Å².